The van der Waals surface area contributed by atoms with E-state index in [2.05, 4.69) is 22.1 Å². The Labute approximate surface area is 88.4 Å². The first kappa shape index (κ1) is 9.30. The highest BCUT2D eigenvalue weighted by atomic mass is 16.5. The van der Waals surface area contributed by atoms with Crippen molar-refractivity contribution in [2.24, 2.45) is 5.73 Å². The Morgan fingerprint density at radius 3 is 2.93 bits per heavy atom. The normalized spacial score (nSPS) is 36.0. The predicted octanol–water partition coefficient (Wildman–Crippen LogP) is 0.297. The fraction of sp³-hybridized carbons (Fsp3) is 0.800. The van der Waals surface area contributed by atoms with Crippen molar-refractivity contribution in [3.05, 3.63) is 11.6 Å². The third-order valence-electron chi connectivity index (χ3n) is 3.50. The van der Waals surface area contributed by atoms with E-state index in [0.29, 0.717) is 19.1 Å². The van der Waals surface area contributed by atoms with Crippen molar-refractivity contribution in [3.8, 4) is 0 Å². The Kier molecular flexibility index (Phi) is 1.87. The van der Waals surface area contributed by atoms with Crippen LogP contribution in [0, 0.1) is 0 Å². The largest absolute Gasteiger partial charge is 0.379 e. The topological polar surface area (TPSA) is 76.8 Å². The number of aromatic nitrogens is 3. The maximum Gasteiger partial charge on any atom is 0.160 e. The van der Waals surface area contributed by atoms with Crippen molar-refractivity contribution in [3.63, 3.8) is 0 Å². The second-order valence-electron chi connectivity index (χ2n) is 4.86. The summed E-state index contributed by atoms with van der Waals surface area (Å²) in [5.74, 6) is 2.44. The lowest BCUT2D eigenvalue weighted by molar-refractivity contribution is 0.178. The van der Waals surface area contributed by atoms with E-state index in [4.69, 9.17) is 10.5 Å². The van der Waals surface area contributed by atoms with Crippen molar-refractivity contribution in [1.29, 1.82) is 0 Å². The summed E-state index contributed by atoms with van der Waals surface area (Å²) in [6.45, 7) is 3.30. The van der Waals surface area contributed by atoms with E-state index in [1.165, 1.54) is 12.8 Å². The van der Waals surface area contributed by atoms with Crippen LogP contribution >= 0.6 is 0 Å². The number of hydrogen-bond donors (Lipinski definition) is 2. The highest BCUT2D eigenvalue weighted by Gasteiger charge is 2.43. The lowest BCUT2D eigenvalue weighted by atomic mass is 9.85. The van der Waals surface area contributed by atoms with Gasteiger partial charge in [0.05, 0.1) is 18.6 Å². The Hall–Kier alpha value is -0.940. The van der Waals surface area contributed by atoms with Crippen LogP contribution in [-0.4, -0.2) is 34.4 Å². The molecule has 15 heavy (non-hydrogen) atoms. The van der Waals surface area contributed by atoms with Gasteiger partial charge in [-0.25, -0.2) is 4.98 Å². The van der Waals surface area contributed by atoms with E-state index in [1.54, 1.807) is 0 Å². The first-order chi connectivity index (χ1) is 7.20. The van der Waals surface area contributed by atoms with Gasteiger partial charge in [-0.1, -0.05) is 0 Å². The van der Waals surface area contributed by atoms with Crippen molar-refractivity contribution in [2.45, 2.75) is 37.1 Å². The fourth-order valence-electron chi connectivity index (χ4n) is 1.99. The SMILES string of the molecule is CC1(c2n[nH]c(C3CC3)n2)COCC1N. The standard InChI is InChI=1S/C10H16N4O/c1-10(5-15-4-7(10)11)9-12-8(13-14-9)6-2-3-6/h6-7H,2-5,11H2,1H3,(H,12,13,14). The molecule has 1 aromatic heterocycles. The predicted molar refractivity (Wildman–Crippen MR) is 54.5 cm³/mol. The average Bonchev–Trinajstić information content (AvgIpc) is 2.85. The summed E-state index contributed by atoms with van der Waals surface area (Å²) in [4.78, 5) is 4.55. The molecule has 2 atom stereocenters. The van der Waals surface area contributed by atoms with E-state index < -0.39 is 0 Å². The summed E-state index contributed by atoms with van der Waals surface area (Å²) in [5, 5.41) is 7.30. The van der Waals surface area contributed by atoms with Crippen LogP contribution in [0.1, 0.15) is 37.3 Å². The molecular formula is C10H16N4O. The fourth-order valence-corrected chi connectivity index (χ4v) is 1.99. The van der Waals surface area contributed by atoms with Crippen LogP contribution in [0.15, 0.2) is 0 Å². The van der Waals surface area contributed by atoms with Gasteiger partial charge in [0.25, 0.3) is 0 Å². The van der Waals surface area contributed by atoms with Crippen LogP contribution in [0.5, 0.6) is 0 Å². The smallest absolute Gasteiger partial charge is 0.160 e. The number of nitrogens with zero attached hydrogens (tertiary/aromatic N) is 2. The minimum absolute atomic E-state index is 0.000327. The Morgan fingerprint density at radius 2 is 2.33 bits per heavy atom. The highest BCUT2D eigenvalue weighted by Crippen LogP contribution is 2.39. The molecule has 1 saturated carbocycles. The molecule has 5 heteroatoms. The van der Waals surface area contributed by atoms with Crippen LogP contribution in [0.2, 0.25) is 0 Å². The molecule has 3 rings (SSSR count). The molecule has 1 aliphatic heterocycles. The van der Waals surface area contributed by atoms with Crippen molar-refractivity contribution in [1.82, 2.24) is 15.2 Å². The second-order valence-corrected chi connectivity index (χ2v) is 4.86. The summed E-state index contributed by atoms with van der Waals surface area (Å²) < 4.78 is 5.39. The summed E-state index contributed by atoms with van der Waals surface area (Å²) in [6.07, 6.45) is 2.46. The van der Waals surface area contributed by atoms with Crippen LogP contribution in [0.3, 0.4) is 0 Å². The van der Waals surface area contributed by atoms with Crippen molar-refractivity contribution >= 4 is 0 Å². The highest BCUT2D eigenvalue weighted by molar-refractivity contribution is 5.16. The van der Waals surface area contributed by atoms with E-state index in [-0.39, 0.29) is 11.5 Å². The molecule has 3 N–H and O–H groups in total. The number of hydrogen-bond acceptors (Lipinski definition) is 4. The molecule has 5 nitrogen and oxygen atoms in total. The number of nitrogens with one attached hydrogen (secondary N) is 1. The van der Waals surface area contributed by atoms with Crippen molar-refractivity contribution in [2.75, 3.05) is 13.2 Å². The van der Waals surface area contributed by atoms with Gasteiger partial charge in [0.1, 0.15) is 5.82 Å². The molecule has 1 aromatic rings. The van der Waals surface area contributed by atoms with Gasteiger partial charge in [0.2, 0.25) is 0 Å². The quantitative estimate of drug-likeness (QED) is 0.732. The zero-order chi connectivity index (χ0) is 10.5. The van der Waals surface area contributed by atoms with Gasteiger partial charge in [-0.2, -0.15) is 5.10 Å². The van der Waals surface area contributed by atoms with Crippen LogP contribution in [0.4, 0.5) is 0 Å². The number of nitrogens with two attached hydrogens (primary N) is 1. The molecule has 1 saturated heterocycles. The number of rotatable bonds is 2. The lowest BCUT2D eigenvalue weighted by Gasteiger charge is -2.22. The van der Waals surface area contributed by atoms with E-state index in [0.717, 1.165) is 11.6 Å². The molecule has 1 aliphatic carbocycles. The summed E-state index contributed by atoms with van der Waals surface area (Å²) in [5.41, 5.74) is 5.81. The monoisotopic (exact) mass is 208 g/mol. The minimum Gasteiger partial charge on any atom is -0.379 e. The minimum atomic E-state index is -0.219. The van der Waals surface area contributed by atoms with Gasteiger partial charge in [0.15, 0.2) is 5.82 Å². The van der Waals surface area contributed by atoms with E-state index >= 15 is 0 Å². The molecule has 2 heterocycles. The molecule has 0 radical (unpaired) electrons. The number of H-pyrrole nitrogens is 1. The summed E-state index contributed by atoms with van der Waals surface area (Å²) >= 11 is 0. The molecule has 2 fully saturated rings. The number of ether oxygens (including phenoxy) is 1. The first-order valence-electron chi connectivity index (χ1n) is 5.46. The van der Waals surface area contributed by atoms with Gasteiger partial charge >= 0.3 is 0 Å². The molecule has 0 bridgehead atoms. The second kappa shape index (κ2) is 3.02. The van der Waals surface area contributed by atoms with Crippen molar-refractivity contribution < 1.29 is 4.74 Å². The molecule has 0 aromatic carbocycles. The first-order valence-corrected chi connectivity index (χ1v) is 5.46. The molecule has 2 aliphatic rings. The maximum atomic E-state index is 6.03. The third-order valence-corrected chi connectivity index (χ3v) is 3.50. The summed E-state index contributed by atoms with van der Waals surface area (Å²) in [6, 6.07) is 0.000327. The molecule has 2 unspecified atom stereocenters. The van der Waals surface area contributed by atoms with E-state index in [9.17, 15) is 0 Å². The van der Waals surface area contributed by atoms with Crippen LogP contribution in [0.25, 0.3) is 0 Å². The molecule has 0 spiro atoms. The summed E-state index contributed by atoms with van der Waals surface area (Å²) in [7, 11) is 0. The third kappa shape index (κ3) is 1.38. The molecule has 82 valence electrons. The maximum absolute atomic E-state index is 6.03. The van der Waals surface area contributed by atoms with E-state index in [1.807, 2.05) is 0 Å². The van der Waals surface area contributed by atoms with Crippen LogP contribution in [-0.2, 0) is 10.2 Å². The zero-order valence-corrected chi connectivity index (χ0v) is 8.86. The Balaban J connectivity index is 1.90. The van der Waals surface area contributed by atoms with Gasteiger partial charge in [-0.3, -0.25) is 5.10 Å². The number of aromatic amines is 1. The van der Waals surface area contributed by atoms with Gasteiger partial charge in [0, 0.05) is 12.0 Å². The lowest BCUT2D eigenvalue weighted by Crippen LogP contribution is -2.42. The van der Waals surface area contributed by atoms with Crippen LogP contribution < -0.4 is 5.73 Å². The Morgan fingerprint density at radius 1 is 1.53 bits per heavy atom. The van der Waals surface area contributed by atoms with Gasteiger partial charge < -0.3 is 10.5 Å². The average molecular weight is 208 g/mol. The van der Waals surface area contributed by atoms with Gasteiger partial charge in [-0.15, -0.1) is 0 Å². The molecule has 0 amide bonds. The molecular weight excluding hydrogens is 192 g/mol. The zero-order valence-electron chi connectivity index (χ0n) is 8.86. The Bertz CT molecular complexity index is 373. The van der Waals surface area contributed by atoms with Gasteiger partial charge in [-0.05, 0) is 19.8 Å².